The van der Waals surface area contributed by atoms with Crippen LogP contribution in [0.1, 0.15) is 103 Å². The summed E-state index contributed by atoms with van der Waals surface area (Å²) >= 11 is 0. The van der Waals surface area contributed by atoms with Gasteiger partial charge in [0, 0.05) is 7.11 Å². The Bertz CT molecular complexity index is 241. The van der Waals surface area contributed by atoms with Crippen molar-refractivity contribution in [3.8, 4) is 0 Å². The third kappa shape index (κ3) is 14.4. The van der Waals surface area contributed by atoms with E-state index in [9.17, 15) is 4.79 Å². The van der Waals surface area contributed by atoms with Gasteiger partial charge in [-0.05, 0) is 6.42 Å². The molecule has 0 aliphatic heterocycles. The largest absolute Gasteiger partial charge is 0.479 e. The predicted octanol–water partition coefficient (Wildman–Crippen LogP) is 5.96. The first kappa shape index (κ1) is 21.4. The molecule has 132 valence electrons. The zero-order valence-electron chi connectivity index (χ0n) is 14.9. The number of carboxylic acid groups (broad SMARTS) is 1. The van der Waals surface area contributed by atoms with Gasteiger partial charge >= 0.3 is 5.97 Å². The summed E-state index contributed by atoms with van der Waals surface area (Å²) < 4.78 is 4.93. The van der Waals surface area contributed by atoms with Crippen LogP contribution in [0.15, 0.2) is 0 Å². The van der Waals surface area contributed by atoms with Crippen LogP contribution in [0.4, 0.5) is 0 Å². The molecule has 0 radical (unpaired) electrons. The summed E-state index contributed by atoms with van der Waals surface area (Å²) in [6.07, 6.45) is 18.5. The van der Waals surface area contributed by atoms with Gasteiger partial charge in [-0.15, -0.1) is 0 Å². The molecule has 0 rings (SSSR count). The number of ether oxygens (including phenoxy) is 1. The Morgan fingerprint density at radius 1 is 0.773 bits per heavy atom. The first-order chi connectivity index (χ1) is 10.7. The molecule has 3 heteroatoms. The monoisotopic (exact) mass is 314 g/mol. The molecule has 0 fully saturated rings. The van der Waals surface area contributed by atoms with Crippen LogP contribution in [0.5, 0.6) is 0 Å². The van der Waals surface area contributed by atoms with Gasteiger partial charge in [-0.2, -0.15) is 0 Å². The van der Waals surface area contributed by atoms with Gasteiger partial charge in [0.15, 0.2) is 6.10 Å². The van der Waals surface area contributed by atoms with E-state index in [0.29, 0.717) is 6.42 Å². The topological polar surface area (TPSA) is 46.5 Å². The van der Waals surface area contributed by atoms with Crippen molar-refractivity contribution in [3.63, 3.8) is 0 Å². The molecule has 0 aromatic rings. The van der Waals surface area contributed by atoms with Gasteiger partial charge in [-0.1, -0.05) is 96.8 Å². The summed E-state index contributed by atoms with van der Waals surface area (Å²) in [7, 11) is 1.47. The second-order valence-electron chi connectivity index (χ2n) is 6.45. The van der Waals surface area contributed by atoms with E-state index in [-0.39, 0.29) is 0 Å². The Morgan fingerprint density at radius 2 is 1.14 bits per heavy atom. The van der Waals surface area contributed by atoms with Crippen molar-refractivity contribution in [2.45, 2.75) is 109 Å². The first-order valence-corrected chi connectivity index (χ1v) is 9.48. The van der Waals surface area contributed by atoms with Crippen LogP contribution in [0.3, 0.4) is 0 Å². The Kier molecular flexibility index (Phi) is 16.4. The number of rotatable bonds is 17. The van der Waals surface area contributed by atoms with Gasteiger partial charge in [0.05, 0.1) is 0 Å². The highest BCUT2D eigenvalue weighted by Crippen LogP contribution is 2.14. The molecule has 0 aliphatic rings. The molecule has 0 aliphatic carbocycles. The lowest BCUT2D eigenvalue weighted by atomic mass is 10.0. The number of unbranched alkanes of at least 4 members (excludes halogenated alkanes) is 13. The first-order valence-electron chi connectivity index (χ1n) is 9.48. The van der Waals surface area contributed by atoms with Gasteiger partial charge in [0.2, 0.25) is 0 Å². The van der Waals surface area contributed by atoms with Crippen molar-refractivity contribution in [3.05, 3.63) is 0 Å². The minimum atomic E-state index is -0.836. The smallest absolute Gasteiger partial charge is 0.332 e. The second-order valence-corrected chi connectivity index (χ2v) is 6.45. The molecule has 1 N–H and O–H groups in total. The number of aliphatic carboxylic acids is 1. The van der Waals surface area contributed by atoms with Crippen LogP contribution >= 0.6 is 0 Å². The zero-order chi connectivity index (χ0) is 16.5. The van der Waals surface area contributed by atoms with E-state index in [2.05, 4.69) is 6.92 Å². The third-order valence-corrected chi connectivity index (χ3v) is 4.38. The van der Waals surface area contributed by atoms with E-state index in [1.54, 1.807) is 0 Å². The van der Waals surface area contributed by atoms with Crippen LogP contribution < -0.4 is 0 Å². The number of carboxylic acids is 1. The molecule has 0 spiro atoms. The maximum absolute atomic E-state index is 10.8. The van der Waals surface area contributed by atoms with Crippen molar-refractivity contribution in [1.82, 2.24) is 0 Å². The van der Waals surface area contributed by atoms with Crippen LogP contribution in [-0.2, 0) is 9.53 Å². The molecule has 3 nitrogen and oxygen atoms in total. The molecular formula is C19H38O3. The van der Waals surface area contributed by atoms with E-state index in [4.69, 9.17) is 9.84 Å². The number of methoxy groups -OCH3 is 1. The molecule has 0 amide bonds. The van der Waals surface area contributed by atoms with Crippen molar-refractivity contribution < 1.29 is 14.6 Å². The Balaban J connectivity index is 3.13. The zero-order valence-corrected chi connectivity index (χ0v) is 14.9. The van der Waals surface area contributed by atoms with Crippen LogP contribution in [-0.4, -0.2) is 24.3 Å². The summed E-state index contributed by atoms with van der Waals surface area (Å²) in [6.45, 7) is 2.27. The molecule has 0 bridgehead atoms. The van der Waals surface area contributed by atoms with E-state index < -0.39 is 12.1 Å². The number of hydrogen-bond acceptors (Lipinski definition) is 2. The molecule has 0 aromatic carbocycles. The summed E-state index contributed by atoms with van der Waals surface area (Å²) in [6, 6.07) is 0. The Morgan fingerprint density at radius 3 is 1.45 bits per heavy atom. The summed E-state index contributed by atoms with van der Waals surface area (Å²) in [5.41, 5.74) is 0. The SMILES string of the molecule is CCCCCCCCCCCCCCCC[C@@H](OC)C(=O)O. The van der Waals surface area contributed by atoms with Crippen molar-refractivity contribution in [1.29, 1.82) is 0 Å². The lowest BCUT2D eigenvalue weighted by Crippen LogP contribution is -2.21. The normalized spacial score (nSPS) is 12.5. The maximum Gasteiger partial charge on any atom is 0.332 e. The average molecular weight is 315 g/mol. The quantitative estimate of drug-likeness (QED) is 0.337. The van der Waals surface area contributed by atoms with Crippen molar-refractivity contribution in [2.75, 3.05) is 7.11 Å². The second kappa shape index (κ2) is 16.8. The molecule has 22 heavy (non-hydrogen) atoms. The molecule has 1 atom stereocenters. The molecule has 0 unspecified atom stereocenters. The number of hydrogen-bond donors (Lipinski definition) is 1. The molecule has 0 heterocycles. The molecule has 0 aromatic heterocycles. The minimum Gasteiger partial charge on any atom is -0.479 e. The van der Waals surface area contributed by atoms with E-state index in [1.165, 1.54) is 84.2 Å². The van der Waals surface area contributed by atoms with Gasteiger partial charge in [0.25, 0.3) is 0 Å². The van der Waals surface area contributed by atoms with Gasteiger partial charge in [0.1, 0.15) is 0 Å². The number of carbonyl (C=O) groups is 1. The molecule has 0 saturated carbocycles. The highest BCUT2D eigenvalue weighted by atomic mass is 16.5. The summed E-state index contributed by atoms with van der Waals surface area (Å²) in [5.74, 6) is -0.836. The van der Waals surface area contributed by atoms with Crippen LogP contribution in [0.25, 0.3) is 0 Å². The van der Waals surface area contributed by atoms with Crippen molar-refractivity contribution in [2.24, 2.45) is 0 Å². The fourth-order valence-corrected chi connectivity index (χ4v) is 2.87. The fraction of sp³-hybridized carbons (Fsp3) is 0.947. The summed E-state index contributed by atoms with van der Waals surface area (Å²) in [4.78, 5) is 10.8. The van der Waals surface area contributed by atoms with Gasteiger partial charge in [-0.25, -0.2) is 4.79 Å². The maximum atomic E-state index is 10.8. The van der Waals surface area contributed by atoms with Crippen molar-refractivity contribution >= 4 is 5.97 Å². The van der Waals surface area contributed by atoms with E-state index in [0.717, 1.165) is 12.8 Å². The minimum absolute atomic E-state index is 0.614. The predicted molar refractivity (Wildman–Crippen MR) is 93.4 cm³/mol. The molecule has 0 saturated heterocycles. The highest BCUT2D eigenvalue weighted by molar-refractivity contribution is 5.72. The molecular weight excluding hydrogens is 276 g/mol. The van der Waals surface area contributed by atoms with Gasteiger partial charge < -0.3 is 9.84 Å². The average Bonchev–Trinajstić information content (AvgIpc) is 2.51. The van der Waals surface area contributed by atoms with Crippen LogP contribution in [0.2, 0.25) is 0 Å². The fourth-order valence-electron chi connectivity index (χ4n) is 2.87. The van der Waals surface area contributed by atoms with E-state index in [1.807, 2.05) is 0 Å². The lowest BCUT2D eigenvalue weighted by molar-refractivity contribution is -0.148. The van der Waals surface area contributed by atoms with Crippen LogP contribution in [0, 0.1) is 0 Å². The highest BCUT2D eigenvalue weighted by Gasteiger charge is 2.14. The van der Waals surface area contributed by atoms with E-state index >= 15 is 0 Å². The lowest BCUT2D eigenvalue weighted by Gasteiger charge is -2.09. The third-order valence-electron chi connectivity index (χ3n) is 4.38. The Hall–Kier alpha value is -0.570. The summed E-state index contributed by atoms with van der Waals surface area (Å²) in [5, 5.41) is 8.85. The van der Waals surface area contributed by atoms with Gasteiger partial charge in [-0.3, -0.25) is 0 Å². The standard InChI is InChI=1S/C19H38O3/c1-3-4-5-6-7-8-9-10-11-12-13-14-15-16-17-18(22-2)19(20)21/h18H,3-17H2,1-2H3,(H,20,21)/t18-/m1/s1. The Labute approximate surface area is 137 Å².